The number of nitrogens with zero attached hydrogens (tertiary/aromatic N) is 2. The molecular formula is C17H21F3N2O7. The van der Waals surface area contributed by atoms with Gasteiger partial charge in [-0.3, -0.25) is 24.6 Å². The molecule has 0 heterocycles. The van der Waals surface area contributed by atoms with Crippen molar-refractivity contribution in [1.82, 2.24) is 0 Å². The van der Waals surface area contributed by atoms with E-state index in [4.69, 9.17) is 9.47 Å². The summed E-state index contributed by atoms with van der Waals surface area (Å²) in [5.74, 6) is -2.90. The number of hydrogen-bond acceptors (Lipinski definition) is 7. The van der Waals surface area contributed by atoms with Crippen LogP contribution in [-0.4, -0.2) is 56.5 Å². The molecule has 0 atom stereocenters. The fraction of sp³-hybridized carbons (Fsp3) is 0.529. The lowest BCUT2D eigenvalue weighted by Crippen LogP contribution is -2.42. The number of hydrogen-bond donors (Lipinski definition) is 0. The van der Waals surface area contributed by atoms with Crippen LogP contribution in [0.4, 0.5) is 24.5 Å². The van der Waals surface area contributed by atoms with Crippen molar-refractivity contribution in [3.63, 3.8) is 0 Å². The second kappa shape index (κ2) is 11.2. The van der Waals surface area contributed by atoms with Crippen LogP contribution in [0.5, 0.6) is 5.75 Å². The molecule has 0 radical (unpaired) electrons. The van der Waals surface area contributed by atoms with Gasteiger partial charge in [0.15, 0.2) is 0 Å². The van der Waals surface area contributed by atoms with Gasteiger partial charge >= 0.3 is 18.1 Å². The second-order valence-electron chi connectivity index (χ2n) is 5.61. The van der Waals surface area contributed by atoms with E-state index in [0.29, 0.717) is 0 Å². The summed E-state index contributed by atoms with van der Waals surface area (Å²) < 4.78 is 53.7. The Morgan fingerprint density at radius 3 is 2.48 bits per heavy atom. The van der Waals surface area contributed by atoms with Gasteiger partial charge in [0.25, 0.3) is 5.69 Å². The Morgan fingerprint density at radius 1 is 1.24 bits per heavy atom. The normalized spacial score (nSPS) is 11.1. The predicted octanol–water partition coefficient (Wildman–Crippen LogP) is 2.86. The molecule has 0 bridgehead atoms. The highest BCUT2D eigenvalue weighted by molar-refractivity contribution is 5.99. The Bertz CT molecular complexity index is 725. The van der Waals surface area contributed by atoms with Crippen molar-refractivity contribution >= 4 is 23.3 Å². The predicted molar refractivity (Wildman–Crippen MR) is 94.7 cm³/mol. The van der Waals surface area contributed by atoms with Gasteiger partial charge in [0.2, 0.25) is 0 Å². The molecule has 0 unspecified atom stereocenters. The Labute approximate surface area is 164 Å². The molecule has 1 amide bonds. The summed E-state index contributed by atoms with van der Waals surface area (Å²) in [5.41, 5.74) is -1.30. The number of carbonyl (C=O) groups is 2. The smallest absolute Gasteiger partial charge is 0.471 e. The molecule has 0 aliphatic rings. The van der Waals surface area contributed by atoms with Crippen molar-refractivity contribution in [3.8, 4) is 5.75 Å². The van der Waals surface area contributed by atoms with Gasteiger partial charge in [-0.15, -0.1) is 0 Å². The summed E-state index contributed by atoms with van der Waals surface area (Å²) in [6.45, 7) is 1.36. The van der Waals surface area contributed by atoms with E-state index in [1.807, 2.05) is 0 Å². The number of carbonyl (C=O) groups excluding carboxylic acids is 2. The highest BCUT2D eigenvalue weighted by Crippen LogP contribution is 2.34. The largest absolute Gasteiger partial charge is 0.491 e. The molecule has 0 saturated heterocycles. The van der Waals surface area contributed by atoms with E-state index in [0.717, 1.165) is 12.1 Å². The molecule has 0 aliphatic carbocycles. The topological polar surface area (TPSA) is 108 Å². The molecule has 29 heavy (non-hydrogen) atoms. The van der Waals surface area contributed by atoms with Crippen LogP contribution in [0.3, 0.4) is 0 Å². The number of rotatable bonds is 11. The van der Waals surface area contributed by atoms with Gasteiger partial charge < -0.3 is 14.2 Å². The molecule has 0 aliphatic heterocycles. The molecule has 1 aromatic carbocycles. The van der Waals surface area contributed by atoms with E-state index in [2.05, 4.69) is 4.74 Å². The zero-order valence-electron chi connectivity index (χ0n) is 15.9. The minimum absolute atomic E-state index is 0.0310. The summed E-state index contributed by atoms with van der Waals surface area (Å²) >= 11 is 0. The SMILES string of the molecule is CCOC(=O)CCCN(C(=O)C(F)(F)F)c1ccc(OCCOC)cc1[N+](=O)[O-]. The van der Waals surface area contributed by atoms with E-state index >= 15 is 0 Å². The van der Waals surface area contributed by atoms with Crippen molar-refractivity contribution < 1.29 is 41.9 Å². The fourth-order valence-electron chi connectivity index (χ4n) is 2.31. The number of benzene rings is 1. The van der Waals surface area contributed by atoms with Crippen molar-refractivity contribution in [2.75, 3.05) is 38.4 Å². The number of halogens is 3. The molecule has 0 aromatic heterocycles. The van der Waals surface area contributed by atoms with Gasteiger partial charge in [-0.2, -0.15) is 13.2 Å². The highest BCUT2D eigenvalue weighted by Gasteiger charge is 2.44. The van der Waals surface area contributed by atoms with Gasteiger partial charge in [-0.25, -0.2) is 0 Å². The first-order valence-electron chi connectivity index (χ1n) is 8.56. The van der Waals surface area contributed by atoms with Gasteiger partial charge in [0, 0.05) is 20.1 Å². The highest BCUT2D eigenvalue weighted by atomic mass is 19.4. The van der Waals surface area contributed by atoms with Crippen molar-refractivity contribution in [1.29, 1.82) is 0 Å². The molecule has 12 heteroatoms. The molecular weight excluding hydrogens is 401 g/mol. The van der Waals surface area contributed by atoms with Crippen LogP contribution in [0, 0.1) is 10.1 Å². The quantitative estimate of drug-likeness (QED) is 0.233. The number of alkyl halides is 3. The van der Waals surface area contributed by atoms with Crippen molar-refractivity contribution in [3.05, 3.63) is 28.3 Å². The average Bonchev–Trinajstić information content (AvgIpc) is 2.64. The summed E-state index contributed by atoms with van der Waals surface area (Å²) in [6, 6.07) is 3.13. The lowest BCUT2D eigenvalue weighted by molar-refractivity contribution is -0.384. The minimum atomic E-state index is -5.26. The molecule has 0 saturated carbocycles. The van der Waals surface area contributed by atoms with Crippen LogP contribution in [0.15, 0.2) is 18.2 Å². The summed E-state index contributed by atoms with van der Waals surface area (Å²) in [4.78, 5) is 33.9. The Kier molecular flexibility index (Phi) is 9.32. The first-order valence-corrected chi connectivity index (χ1v) is 8.56. The molecule has 0 fully saturated rings. The zero-order chi connectivity index (χ0) is 22.0. The maximum atomic E-state index is 13.0. The number of anilines is 1. The Hall–Kier alpha value is -2.89. The number of esters is 1. The van der Waals surface area contributed by atoms with Gasteiger partial charge in [-0.05, 0) is 25.5 Å². The van der Waals surface area contributed by atoms with E-state index in [1.165, 1.54) is 13.2 Å². The van der Waals surface area contributed by atoms with Gasteiger partial charge in [0.1, 0.15) is 18.0 Å². The lowest BCUT2D eigenvalue weighted by atomic mass is 10.2. The average molecular weight is 422 g/mol. The van der Waals surface area contributed by atoms with E-state index in [1.54, 1.807) is 6.92 Å². The number of nitro groups is 1. The van der Waals surface area contributed by atoms with Gasteiger partial charge in [0.05, 0.1) is 24.2 Å². The zero-order valence-corrected chi connectivity index (χ0v) is 15.9. The number of amides is 1. The maximum Gasteiger partial charge on any atom is 0.471 e. The van der Waals surface area contributed by atoms with Crippen molar-refractivity contribution in [2.45, 2.75) is 25.9 Å². The first kappa shape index (κ1) is 24.1. The maximum absolute atomic E-state index is 13.0. The van der Waals surface area contributed by atoms with E-state index in [9.17, 15) is 32.9 Å². The van der Waals surface area contributed by atoms with Crippen LogP contribution in [0.2, 0.25) is 0 Å². The lowest BCUT2D eigenvalue weighted by Gasteiger charge is -2.23. The molecule has 1 aromatic rings. The molecule has 0 spiro atoms. The number of methoxy groups -OCH3 is 1. The van der Waals surface area contributed by atoms with E-state index < -0.39 is 40.9 Å². The monoisotopic (exact) mass is 422 g/mol. The fourth-order valence-corrected chi connectivity index (χ4v) is 2.31. The number of nitro benzene ring substituents is 1. The molecule has 162 valence electrons. The summed E-state index contributed by atoms with van der Waals surface area (Å²) in [5, 5.41) is 11.4. The molecule has 1 rings (SSSR count). The Balaban J connectivity index is 3.16. The third kappa shape index (κ3) is 7.56. The number of ether oxygens (including phenoxy) is 3. The van der Waals surface area contributed by atoms with Crippen LogP contribution in [0.25, 0.3) is 0 Å². The third-order valence-corrected chi connectivity index (χ3v) is 3.55. The summed E-state index contributed by atoms with van der Waals surface area (Å²) in [7, 11) is 1.42. The van der Waals surface area contributed by atoms with Crippen LogP contribution in [-0.2, 0) is 19.1 Å². The van der Waals surface area contributed by atoms with Crippen LogP contribution < -0.4 is 9.64 Å². The van der Waals surface area contributed by atoms with Gasteiger partial charge in [-0.1, -0.05) is 0 Å². The van der Waals surface area contributed by atoms with E-state index in [-0.39, 0.29) is 43.3 Å². The molecule has 9 nitrogen and oxygen atoms in total. The Morgan fingerprint density at radius 2 is 1.93 bits per heavy atom. The minimum Gasteiger partial charge on any atom is -0.491 e. The van der Waals surface area contributed by atoms with Crippen molar-refractivity contribution in [2.24, 2.45) is 0 Å². The molecule has 0 N–H and O–H groups in total. The first-order chi connectivity index (χ1) is 13.6. The summed E-state index contributed by atoms with van der Waals surface area (Å²) in [6.07, 6.45) is -5.68. The second-order valence-corrected chi connectivity index (χ2v) is 5.61. The van der Waals surface area contributed by atoms with Crippen LogP contribution in [0.1, 0.15) is 19.8 Å². The van der Waals surface area contributed by atoms with Crippen LogP contribution >= 0.6 is 0 Å². The standard InChI is InChI=1S/C17H21F3N2O7/c1-3-28-15(23)5-4-8-21(16(24)17(18,19)20)13-7-6-12(29-10-9-27-2)11-14(13)22(25)26/h6-7,11H,3-5,8-10H2,1-2H3. The third-order valence-electron chi connectivity index (χ3n) is 3.55.